The molecule has 2 amide bonds. The Balaban J connectivity index is 1.51. The standard InChI is InChI=1S/C24H35N5O2/c1-4-8-24(31)28-14-7-11-21(28)20-15-22-25-16(2)19(17(3)29(22)27-20)12-13-23(30)26-18-9-5-6-10-18/h15,18,21H,4-14H2,1-3H3,(H,26,30)/t21-/m1/s1. The fourth-order valence-corrected chi connectivity index (χ4v) is 5.21. The molecule has 3 heterocycles. The summed E-state index contributed by atoms with van der Waals surface area (Å²) in [6.07, 6.45) is 9.20. The average molecular weight is 426 g/mol. The Kier molecular flexibility index (Phi) is 6.58. The second kappa shape index (κ2) is 9.37. The minimum Gasteiger partial charge on any atom is -0.353 e. The van der Waals surface area contributed by atoms with Crippen molar-refractivity contribution in [3.63, 3.8) is 0 Å². The zero-order valence-electron chi connectivity index (χ0n) is 19.1. The van der Waals surface area contributed by atoms with Crippen LogP contribution < -0.4 is 5.32 Å². The number of hydrogen-bond acceptors (Lipinski definition) is 4. The molecule has 7 nitrogen and oxygen atoms in total. The molecule has 0 radical (unpaired) electrons. The molecule has 168 valence electrons. The van der Waals surface area contributed by atoms with E-state index in [4.69, 9.17) is 10.1 Å². The molecular formula is C24H35N5O2. The number of nitrogens with zero attached hydrogens (tertiary/aromatic N) is 4. The van der Waals surface area contributed by atoms with E-state index in [1.807, 2.05) is 29.3 Å². The van der Waals surface area contributed by atoms with Gasteiger partial charge in [-0.1, -0.05) is 19.8 Å². The van der Waals surface area contributed by atoms with Gasteiger partial charge in [-0.15, -0.1) is 0 Å². The van der Waals surface area contributed by atoms with E-state index in [2.05, 4.69) is 12.2 Å². The number of likely N-dealkylation sites (tertiary alicyclic amines) is 1. The molecule has 1 N–H and O–H groups in total. The lowest BCUT2D eigenvalue weighted by atomic mass is 10.1. The Hall–Kier alpha value is -2.44. The Labute approximate surface area is 184 Å². The molecule has 0 bridgehead atoms. The molecule has 0 aromatic carbocycles. The molecule has 1 aliphatic heterocycles. The number of aryl methyl sites for hydroxylation is 2. The second-order valence-electron chi connectivity index (χ2n) is 9.14. The van der Waals surface area contributed by atoms with Gasteiger partial charge in [0.1, 0.15) is 0 Å². The maximum absolute atomic E-state index is 12.5. The predicted molar refractivity (Wildman–Crippen MR) is 120 cm³/mol. The third-order valence-electron chi connectivity index (χ3n) is 6.88. The van der Waals surface area contributed by atoms with Crippen molar-refractivity contribution >= 4 is 17.5 Å². The number of nitrogens with one attached hydrogen (secondary N) is 1. The van der Waals surface area contributed by atoms with Crippen LogP contribution in [0.5, 0.6) is 0 Å². The zero-order valence-corrected chi connectivity index (χ0v) is 19.1. The van der Waals surface area contributed by atoms with Crippen molar-refractivity contribution in [2.24, 2.45) is 0 Å². The van der Waals surface area contributed by atoms with Gasteiger partial charge in [0.2, 0.25) is 11.8 Å². The first-order chi connectivity index (χ1) is 15.0. The van der Waals surface area contributed by atoms with Gasteiger partial charge >= 0.3 is 0 Å². The number of amides is 2. The van der Waals surface area contributed by atoms with Crippen LogP contribution in [-0.4, -0.2) is 43.9 Å². The van der Waals surface area contributed by atoms with E-state index < -0.39 is 0 Å². The molecular weight excluding hydrogens is 390 g/mol. The Morgan fingerprint density at radius 3 is 2.65 bits per heavy atom. The quantitative estimate of drug-likeness (QED) is 0.732. The minimum atomic E-state index is 0.0427. The third kappa shape index (κ3) is 4.60. The highest BCUT2D eigenvalue weighted by molar-refractivity contribution is 5.77. The van der Waals surface area contributed by atoms with Gasteiger partial charge in [0.15, 0.2) is 5.65 Å². The summed E-state index contributed by atoms with van der Waals surface area (Å²) in [5, 5.41) is 8.03. The van der Waals surface area contributed by atoms with Crippen LogP contribution in [0.15, 0.2) is 6.07 Å². The highest BCUT2D eigenvalue weighted by Crippen LogP contribution is 2.32. The first kappa shape index (κ1) is 21.8. The Morgan fingerprint density at radius 2 is 1.90 bits per heavy atom. The van der Waals surface area contributed by atoms with Crippen LogP contribution in [0.3, 0.4) is 0 Å². The van der Waals surface area contributed by atoms with Gasteiger partial charge in [-0.2, -0.15) is 5.10 Å². The summed E-state index contributed by atoms with van der Waals surface area (Å²) >= 11 is 0. The number of carbonyl (C=O) groups excluding carboxylic acids is 2. The van der Waals surface area contributed by atoms with Crippen molar-refractivity contribution in [1.82, 2.24) is 24.8 Å². The van der Waals surface area contributed by atoms with Crippen molar-refractivity contribution in [3.8, 4) is 0 Å². The highest BCUT2D eigenvalue weighted by Gasteiger charge is 2.31. The summed E-state index contributed by atoms with van der Waals surface area (Å²) < 4.78 is 1.90. The molecule has 1 atom stereocenters. The van der Waals surface area contributed by atoms with Crippen LogP contribution in [0, 0.1) is 13.8 Å². The molecule has 2 aromatic rings. The molecule has 0 unspecified atom stereocenters. The van der Waals surface area contributed by atoms with Crippen LogP contribution in [0.25, 0.3) is 5.65 Å². The van der Waals surface area contributed by atoms with Gasteiger partial charge in [0.25, 0.3) is 0 Å². The lowest BCUT2D eigenvalue weighted by Gasteiger charge is -2.23. The van der Waals surface area contributed by atoms with Gasteiger partial charge in [0.05, 0.1) is 11.7 Å². The maximum Gasteiger partial charge on any atom is 0.223 e. The van der Waals surface area contributed by atoms with Crippen LogP contribution in [0.1, 0.15) is 93.4 Å². The summed E-state index contributed by atoms with van der Waals surface area (Å²) in [6, 6.07) is 2.42. The number of carbonyl (C=O) groups is 2. The highest BCUT2D eigenvalue weighted by atomic mass is 16.2. The fourth-order valence-electron chi connectivity index (χ4n) is 5.21. The van der Waals surface area contributed by atoms with Gasteiger partial charge in [0, 0.05) is 42.9 Å². The lowest BCUT2D eigenvalue weighted by molar-refractivity contribution is -0.132. The monoisotopic (exact) mass is 425 g/mol. The molecule has 31 heavy (non-hydrogen) atoms. The molecule has 4 rings (SSSR count). The van der Waals surface area contributed by atoms with E-state index in [0.717, 1.165) is 66.9 Å². The Morgan fingerprint density at radius 1 is 1.13 bits per heavy atom. The van der Waals surface area contributed by atoms with E-state index in [0.29, 0.717) is 25.3 Å². The largest absolute Gasteiger partial charge is 0.353 e. The van der Waals surface area contributed by atoms with E-state index in [1.54, 1.807) is 0 Å². The molecule has 1 aliphatic carbocycles. The SMILES string of the molecule is CCCC(=O)N1CCC[C@@H]1c1cc2nc(C)c(CCC(=O)NC3CCCC3)c(C)n2n1. The van der Waals surface area contributed by atoms with Crippen molar-refractivity contribution in [1.29, 1.82) is 0 Å². The second-order valence-corrected chi connectivity index (χ2v) is 9.14. The number of aromatic nitrogens is 3. The van der Waals surface area contributed by atoms with E-state index >= 15 is 0 Å². The third-order valence-corrected chi connectivity index (χ3v) is 6.88. The zero-order chi connectivity index (χ0) is 22.0. The predicted octanol–water partition coefficient (Wildman–Crippen LogP) is 3.80. The lowest BCUT2D eigenvalue weighted by Crippen LogP contribution is -2.32. The molecule has 1 saturated heterocycles. The van der Waals surface area contributed by atoms with Crippen molar-refractivity contribution in [2.75, 3.05) is 6.54 Å². The maximum atomic E-state index is 12.5. The molecule has 2 aliphatic rings. The van der Waals surface area contributed by atoms with Gasteiger partial charge in [-0.25, -0.2) is 9.50 Å². The van der Waals surface area contributed by atoms with E-state index in [9.17, 15) is 9.59 Å². The van der Waals surface area contributed by atoms with Crippen LogP contribution in [-0.2, 0) is 16.0 Å². The summed E-state index contributed by atoms with van der Waals surface area (Å²) in [7, 11) is 0. The van der Waals surface area contributed by atoms with Crippen LogP contribution in [0.4, 0.5) is 0 Å². The molecule has 7 heteroatoms. The van der Waals surface area contributed by atoms with Crippen molar-refractivity contribution < 1.29 is 9.59 Å². The first-order valence-corrected chi connectivity index (χ1v) is 11.9. The molecule has 1 saturated carbocycles. The summed E-state index contributed by atoms with van der Waals surface area (Å²) in [6.45, 7) is 6.91. The number of hydrogen-bond donors (Lipinski definition) is 1. The summed E-state index contributed by atoms with van der Waals surface area (Å²) in [4.78, 5) is 31.7. The first-order valence-electron chi connectivity index (χ1n) is 11.9. The van der Waals surface area contributed by atoms with Gasteiger partial charge in [-0.05, 0) is 57.9 Å². The van der Waals surface area contributed by atoms with Crippen LogP contribution >= 0.6 is 0 Å². The van der Waals surface area contributed by atoms with E-state index in [-0.39, 0.29) is 17.9 Å². The number of fused-ring (bicyclic) bond motifs is 1. The molecule has 2 fully saturated rings. The van der Waals surface area contributed by atoms with Crippen molar-refractivity contribution in [2.45, 2.75) is 97.1 Å². The summed E-state index contributed by atoms with van der Waals surface area (Å²) in [5.41, 5.74) is 4.82. The molecule has 2 aromatic heterocycles. The van der Waals surface area contributed by atoms with E-state index in [1.165, 1.54) is 12.8 Å². The topological polar surface area (TPSA) is 79.6 Å². The van der Waals surface area contributed by atoms with Gasteiger partial charge in [-0.3, -0.25) is 9.59 Å². The Bertz CT molecular complexity index is 961. The summed E-state index contributed by atoms with van der Waals surface area (Å²) in [5.74, 6) is 0.347. The van der Waals surface area contributed by atoms with Crippen molar-refractivity contribution in [3.05, 3.63) is 28.7 Å². The average Bonchev–Trinajstić information content (AvgIpc) is 3.48. The van der Waals surface area contributed by atoms with Gasteiger partial charge < -0.3 is 10.2 Å². The minimum absolute atomic E-state index is 0.0427. The normalized spacial score (nSPS) is 19.5. The van der Waals surface area contributed by atoms with Crippen LogP contribution in [0.2, 0.25) is 0 Å². The fraction of sp³-hybridized carbons (Fsp3) is 0.667. The smallest absolute Gasteiger partial charge is 0.223 e. The molecule has 0 spiro atoms. The number of rotatable bonds is 7.